The van der Waals surface area contributed by atoms with E-state index in [0.717, 1.165) is 5.56 Å². The lowest BCUT2D eigenvalue weighted by Gasteiger charge is -2.35. The fourth-order valence-corrected chi connectivity index (χ4v) is 3.55. The maximum atomic E-state index is 13.4. The van der Waals surface area contributed by atoms with E-state index in [2.05, 4.69) is 0 Å². The van der Waals surface area contributed by atoms with E-state index in [-0.39, 0.29) is 43.0 Å². The summed E-state index contributed by atoms with van der Waals surface area (Å²) in [5.41, 5.74) is 1.10. The van der Waals surface area contributed by atoms with Crippen molar-refractivity contribution < 1.29 is 18.8 Å². The maximum Gasteiger partial charge on any atom is 0.327 e. The molecule has 1 unspecified atom stereocenters. The second kappa shape index (κ2) is 6.83. The van der Waals surface area contributed by atoms with Gasteiger partial charge in [-0.25, -0.2) is 9.18 Å². The highest BCUT2D eigenvalue weighted by atomic mass is 19.1. The number of amides is 4. The predicted octanol–water partition coefficient (Wildman–Crippen LogP) is 2.11. The lowest BCUT2D eigenvalue weighted by molar-refractivity contribution is -0.129. The maximum absolute atomic E-state index is 13.4. The van der Waals surface area contributed by atoms with Gasteiger partial charge in [-0.1, -0.05) is 36.4 Å². The summed E-state index contributed by atoms with van der Waals surface area (Å²) in [5, 5.41) is 0. The number of hydrogen-bond donors (Lipinski definition) is 0. The predicted molar refractivity (Wildman–Crippen MR) is 95.2 cm³/mol. The lowest BCUT2D eigenvalue weighted by Crippen LogP contribution is -2.54. The molecule has 2 fully saturated rings. The van der Waals surface area contributed by atoms with Crippen LogP contribution in [0, 0.1) is 5.82 Å². The Morgan fingerprint density at radius 3 is 2.56 bits per heavy atom. The molecule has 2 heterocycles. The zero-order valence-corrected chi connectivity index (χ0v) is 14.5. The number of carbonyl (C=O) groups is 3. The summed E-state index contributed by atoms with van der Waals surface area (Å²) in [7, 11) is 0. The molecule has 0 radical (unpaired) electrons. The molecular formula is C20H18FN3O3. The SMILES string of the molecule is O=C(c1cccc(F)c1)N1CCN2C(=O)N(Cc3ccccc3)C(=O)C2C1. The van der Waals surface area contributed by atoms with E-state index < -0.39 is 11.9 Å². The van der Waals surface area contributed by atoms with Gasteiger partial charge in [0.15, 0.2) is 0 Å². The van der Waals surface area contributed by atoms with Gasteiger partial charge < -0.3 is 9.80 Å². The van der Waals surface area contributed by atoms with Crippen molar-refractivity contribution in [2.75, 3.05) is 19.6 Å². The molecule has 4 amide bonds. The van der Waals surface area contributed by atoms with Crippen LogP contribution in [0.25, 0.3) is 0 Å². The first kappa shape index (κ1) is 17.2. The van der Waals surface area contributed by atoms with Crippen LogP contribution in [0.1, 0.15) is 15.9 Å². The zero-order valence-electron chi connectivity index (χ0n) is 14.5. The van der Waals surface area contributed by atoms with E-state index in [0.29, 0.717) is 6.54 Å². The number of piperazine rings is 1. The van der Waals surface area contributed by atoms with Crippen LogP contribution in [0.2, 0.25) is 0 Å². The van der Waals surface area contributed by atoms with Crippen LogP contribution in [-0.4, -0.2) is 58.2 Å². The van der Waals surface area contributed by atoms with Crippen molar-refractivity contribution >= 4 is 17.8 Å². The highest BCUT2D eigenvalue weighted by Gasteiger charge is 2.48. The zero-order chi connectivity index (χ0) is 19.0. The third kappa shape index (κ3) is 3.16. The van der Waals surface area contributed by atoms with Crippen molar-refractivity contribution in [1.29, 1.82) is 0 Å². The molecule has 6 nitrogen and oxygen atoms in total. The van der Waals surface area contributed by atoms with Crippen LogP contribution in [0.3, 0.4) is 0 Å². The number of urea groups is 1. The number of benzene rings is 2. The summed E-state index contributed by atoms with van der Waals surface area (Å²) in [5.74, 6) is -1.13. The van der Waals surface area contributed by atoms with Gasteiger partial charge in [-0.15, -0.1) is 0 Å². The number of halogens is 1. The van der Waals surface area contributed by atoms with Crippen LogP contribution in [0.15, 0.2) is 54.6 Å². The second-order valence-electron chi connectivity index (χ2n) is 6.66. The minimum atomic E-state index is -0.688. The van der Waals surface area contributed by atoms with Gasteiger partial charge in [0.05, 0.1) is 13.1 Å². The van der Waals surface area contributed by atoms with Crippen LogP contribution >= 0.6 is 0 Å². The van der Waals surface area contributed by atoms with Crippen LogP contribution in [0.4, 0.5) is 9.18 Å². The monoisotopic (exact) mass is 367 g/mol. The summed E-state index contributed by atoms with van der Waals surface area (Å²) in [6, 6.07) is 13.8. The molecule has 4 rings (SSSR count). The Kier molecular flexibility index (Phi) is 4.35. The molecular weight excluding hydrogens is 349 g/mol. The number of hydrogen-bond acceptors (Lipinski definition) is 3. The minimum Gasteiger partial charge on any atom is -0.334 e. The van der Waals surface area contributed by atoms with Crippen molar-refractivity contribution in [3.63, 3.8) is 0 Å². The van der Waals surface area contributed by atoms with Crippen molar-refractivity contribution in [2.24, 2.45) is 0 Å². The van der Waals surface area contributed by atoms with Crippen molar-refractivity contribution in [3.05, 3.63) is 71.5 Å². The van der Waals surface area contributed by atoms with Crippen LogP contribution < -0.4 is 0 Å². The first-order valence-corrected chi connectivity index (χ1v) is 8.75. The molecule has 1 atom stereocenters. The van der Waals surface area contributed by atoms with E-state index in [1.54, 1.807) is 6.07 Å². The Labute approximate surface area is 155 Å². The number of imide groups is 1. The highest BCUT2D eigenvalue weighted by Crippen LogP contribution is 2.24. The summed E-state index contributed by atoms with van der Waals surface area (Å²) in [4.78, 5) is 42.3. The fraction of sp³-hybridized carbons (Fsp3) is 0.250. The Balaban J connectivity index is 1.50. The molecule has 0 aromatic heterocycles. The quantitative estimate of drug-likeness (QED) is 0.781. The van der Waals surface area contributed by atoms with Crippen molar-refractivity contribution in [3.8, 4) is 0 Å². The van der Waals surface area contributed by atoms with Gasteiger partial charge in [0.1, 0.15) is 11.9 Å². The molecule has 0 aliphatic carbocycles. The molecule has 0 spiro atoms. The smallest absolute Gasteiger partial charge is 0.327 e. The average molecular weight is 367 g/mol. The molecule has 2 aliphatic heterocycles. The Hall–Kier alpha value is -3.22. The topological polar surface area (TPSA) is 60.9 Å². The van der Waals surface area contributed by atoms with Crippen LogP contribution in [0.5, 0.6) is 0 Å². The second-order valence-corrected chi connectivity index (χ2v) is 6.66. The molecule has 7 heteroatoms. The third-order valence-corrected chi connectivity index (χ3v) is 4.95. The van der Waals surface area contributed by atoms with Gasteiger partial charge in [-0.2, -0.15) is 0 Å². The van der Waals surface area contributed by atoms with Gasteiger partial charge in [-0.05, 0) is 23.8 Å². The van der Waals surface area contributed by atoms with Crippen molar-refractivity contribution in [2.45, 2.75) is 12.6 Å². The molecule has 138 valence electrons. The number of carbonyl (C=O) groups excluding carboxylic acids is 3. The first-order valence-electron chi connectivity index (χ1n) is 8.75. The van der Waals surface area contributed by atoms with Gasteiger partial charge in [-0.3, -0.25) is 14.5 Å². The van der Waals surface area contributed by atoms with E-state index >= 15 is 0 Å². The third-order valence-electron chi connectivity index (χ3n) is 4.95. The highest BCUT2D eigenvalue weighted by molar-refractivity contribution is 6.05. The molecule has 2 aromatic carbocycles. The summed E-state index contributed by atoms with van der Waals surface area (Å²) < 4.78 is 13.4. The molecule has 2 aliphatic rings. The molecule has 2 saturated heterocycles. The lowest BCUT2D eigenvalue weighted by atomic mass is 10.1. The number of nitrogens with zero attached hydrogens (tertiary/aromatic N) is 3. The summed E-state index contributed by atoms with van der Waals surface area (Å²) >= 11 is 0. The van der Waals surface area contributed by atoms with E-state index in [1.807, 2.05) is 30.3 Å². The molecule has 0 N–H and O–H groups in total. The number of fused-ring (bicyclic) bond motifs is 1. The first-order chi connectivity index (χ1) is 13.0. The number of rotatable bonds is 3. The normalized spacial score (nSPS) is 19.4. The fourth-order valence-electron chi connectivity index (χ4n) is 3.55. The molecule has 0 saturated carbocycles. The largest absolute Gasteiger partial charge is 0.334 e. The van der Waals surface area contributed by atoms with E-state index in [9.17, 15) is 18.8 Å². The molecule has 2 aromatic rings. The van der Waals surface area contributed by atoms with E-state index in [1.165, 1.54) is 32.9 Å². The Bertz CT molecular complexity index is 902. The van der Waals surface area contributed by atoms with Gasteiger partial charge in [0.25, 0.3) is 11.8 Å². The summed E-state index contributed by atoms with van der Waals surface area (Å²) in [6.45, 7) is 0.917. The van der Waals surface area contributed by atoms with E-state index in [4.69, 9.17) is 0 Å². The van der Waals surface area contributed by atoms with Gasteiger partial charge >= 0.3 is 6.03 Å². The minimum absolute atomic E-state index is 0.116. The molecule has 27 heavy (non-hydrogen) atoms. The average Bonchev–Trinajstić information content (AvgIpc) is 2.92. The molecule has 0 bridgehead atoms. The summed E-state index contributed by atoms with van der Waals surface area (Å²) in [6.07, 6.45) is 0. The van der Waals surface area contributed by atoms with Gasteiger partial charge in [0.2, 0.25) is 0 Å². The standard InChI is InChI=1S/C20H18FN3O3/c21-16-8-4-7-15(11-16)18(25)22-9-10-23-17(13-22)19(26)24(20(23)27)12-14-5-2-1-3-6-14/h1-8,11,17H,9-10,12-13H2. The van der Waals surface area contributed by atoms with Gasteiger partial charge in [0, 0.05) is 18.7 Å². The van der Waals surface area contributed by atoms with Crippen molar-refractivity contribution in [1.82, 2.24) is 14.7 Å². The Morgan fingerprint density at radius 1 is 1.04 bits per heavy atom. The van der Waals surface area contributed by atoms with Crippen LogP contribution in [-0.2, 0) is 11.3 Å². The Morgan fingerprint density at radius 2 is 1.81 bits per heavy atom.